The van der Waals surface area contributed by atoms with E-state index in [1.165, 1.54) is 0 Å². The molecule has 0 heterocycles. The second-order valence-corrected chi connectivity index (χ2v) is 3.81. The first kappa shape index (κ1) is 10.8. The van der Waals surface area contributed by atoms with Gasteiger partial charge in [-0.2, -0.15) is 0 Å². The van der Waals surface area contributed by atoms with Gasteiger partial charge in [-0.1, -0.05) is 5.57 Å². The highest BCUT2D eigenvalue weighted by Crippen LogP contribution is 2.27. The van der Waals surface area contributed by atoms with Gasteiger partial charge in [0.15, 0.2) is 0 Å². The maximum atomic E-state index is 10.3. The average Bonchev–Trinajstić information content (AvgIpc) is 1.53. The summed E-state index contributed by atoms with van der Waals surface area (Å²) in [5.74, 6) is 0. The van der Waals surface area contributed by atoms with Crippen molar-refractivity contribution in [1.29, 1.82) is 0 Å². The van der Waals surface area contributed by atoms with Gasteiger partial charge < -0.3 is 0 Å². The van der Waals surface area contributed by atoms with E-state index in [2.05, 4.69) is 0 Å². The molecule has 0 saturated heterocycles. The highest BCUT2D eigenvalue weighted by molar-refractivity contribution is 7.32. The molecule has 0 aliphatic carbocycles. The highest BCUT2D eigenvalue weighted by Gasteiger charge is 2.28. The van der Waals surface area contributed by atoms with Crippen LogP contribution < -0.4 is 0 Å². The Bertz CT molecular complexity index is 180. The Morgan fingerprint density at radius 1 is 1.55 bits per heavy atom. The van der Waals surface area contributed by atoms with E-state index in [9.17, 15) is 4.57 Å². The molecule has 64 valence electrons. The third kappa shape index (κ3) is 6.17. The van der Waals surface area contributed by atoms with Crippen LogP contribution in [0.3, 0.4) is 0 Å². The van der Waals surface area contributed by atoms with Crippen molar-refractivity contribution in [2.75, 3.05) is 0 Å². The zero-order valence-electron chi connectivity index (χ0n) is 7.29. The van der Waals surface area contributed by atoms with Crippen LogP contribution in [0.2, 0.25) is 0 Å². The van der Waals surface area contributed by atoms with Gasteiger partial charge in [-0.15, -0.1) is 9.42 Å². The van der Waals surface area contributed by atoms with Crippen LogP contribution in [0.4, 0.5) is 0 Å². The van der Waals surface area contributed by atoms with E-state index < -0.39 is 13.9 Å². The highest BCUT2D eigenvalue weighted by atomic mass is 31.1. The lowest BCUT2D eigenvalue weighted by atomic mass is 10.1. The van der Waals surface area contributed by atoms with Crippen LogP contribution in [0.1, 0.15) is 27.7 Å². The van der Waals surface area contributed by atoms with Crippen LogP contribution in [-0.4, -0.2) is 10.5 Å². The molecule has 0 aliphatic rings. The molecule has 0 aromatic rings. The lowest BCUT2D eigenvalue weighted by molar-refractivity contribution is 0.151. The van der Waals surface area contributed by atoms with Gasteiger partial charge in [0.25, 0.3) is 0 Å². The monoisotopic (exact) mass is 177 g/mol. The van der Waals surface area contributed by atoms with Gasteiger partial charge in [0, 0.05) is 4.57 Å². The molecule has 0 aromatic heterocycles. The lowest BCUT2D eigenvalue weighted by Gasteiger charge is -2.11. The van der Waals surface area contributed by atoms with E-state index in [0.29, 0.717) is 0 Å². The number of hydrogen-bond donors (Lipinski definition) is 1. The summed E-state index contributed by atoms with van der Waals surface area (Å²) < 4.78 is 15.0. The van der Waals surface area contributed by atoms with Crippen LogP contribution >= 0.6 is 8.25 Å². The van der Waals surface area contributed by atoms with Gasteiger partial charge in [0.1, 0.15) is 5.60 Å². The van der Waals surface area contributed by atoms with E-state index in [1.54, 1.807) is 19.9 Å². The molecule has 3 nitrogen and oxygen atoms in total. The zero-order chi connectivity index (χ0) is 9.07. The Labute approximate surface area is 68.0 Å². The predicted octanol–water partition coefficient (Wildman–Crippen LogP) is 2.40. The van der Waals surface area contributed by atoms with E-state index in [4.69, 9.17) is 9.42 Å². The Kier molecular flexibility index (Phi) is 3.87. The summed E-state index contributed by atoms with van der Waals surface area (Å²) in [5, 5.41) is 0. The van der Waals surface area contributed by atoms with Crippen molar-refractivity contribution in [2.45, 2.75) is 33.3 Å². The first-order valence-corrected chi connectivity index (χ1v) is 4.48. The maximum absolute atomic E-state index is 10.3. The van der Waals surface area contributed by atoms with Gasteiger partial charge in [0.05, 0.1) is 0 Å². The third-order valence-electron chi connectivity index (χ3n) is 0.950. The fraction of sp³-hybridized carbons (Fsp3) is 0.714. The molecule has 1 atom stereocenters. The van der Waals surface area contributed by atoms with Gasteiger partial charge in [-0.3, -0.25) is 0 Å². The smallest absolute Gasteiger partial charge is 0.133 e. The average molecular weight is 177 g/mol. The van der Waals surface area contributed by atoms with Crippen LogP contribution in [-0.2, 0) is 9.09 Å². The van der Waals surface area contributed by atoms with Crippen molar-refractivity contribution in [3.63, 3.8) is 0 Å². The van der Waals surface area contributed by atoms with Gasteiger partial charge in [-0.05, 0) is 33.8 Å². The minimum atomic E-state index is -2.51. The van der Waals surface area contributed by atoms with Gasteiger partial charge >= 0.3 is 8.25 Å². The second kappa shape index (κ2) is 3.96. The fourth-order valence-corrected chi connectivity index (χ4v) is 1.38. The molecule has 0 aromatic carbocycles. The van der Waals surface area contributed by atoms with Gasteiger partial charge in [0.2, 0.25) is 0 Å². The van der Waals surface area contributed by atoms with Crippen LogP contribution in [0.5, 0.6) is 0 Å². The third-order valence-corrected chi connectivity index (χ3v) is 1.58. The van der Waals surface area contributed by atoms with Crippen molar-refractivity contribution >= 4 is 8.25 Å². The zero-order valence-corrected chi connectivity index (χ0v) is 8.18. The standard InChI is InChI=1S/C7H13O3P/c1-6(2)5-7(3,4)10-11(8)9/h5H,1-4H3/p+1. The van der Waals surface area contributed by atoms with E-state index in [0.717, 1.165) is 5.57 Å². The largest absolute Gasteiger partial charge is 0.695 e. The molecule has 0 saturated carbocycles. The van der Waals surface area contributed by atoms with Gasteiger partial charge in [-0.25, -0.2) is 0 Å². The molecule has 0 spiro atoms. The molecule has 0 amide bonds. The Morgan fingerprint density at radius 3 is 2.27 bits per heavy atom. The Morgan fingerprint density at radius 2 is 2.00 bits per heavy atom. The summed E-state index contributed by atoms with van der Waals surface area (Å²) in [6, 6.07) is 0. The molecular weight excluding hydrogens is 163 g/mol. The molecule has 0 radical (unpaired) electrons. The quantitative estimate of drug-likeness (QED) is 0.531. The first-order valence-electron chi connectivity index (χ1n) is 3.35. The minimum absolute atomic E-state index is 0.652. The predicted molar refractivity (Wildman–Crippen MR) is 44.4 cm³/mol. The molecule has 0 aliphatic heterocycles. The van der Waals surface area contributed by atoms with Crippen molar-refractivity contribution in [2.24, 2.45) is 0 Å². The molecule has 0 fully saturated rings. The van der Waals surface area contributed by atoms with E-state index in [1.807, 2.05) is 13.8 Å². The summed E-state index contributed by atoms with van der Waals surface area (Å²) in [6.45, 7) is 7.30. The number of allylic oxidation sites excluding steroid dienone is 1. The molecule has 1 unspecified atom stereocenters. The summed E-state index contributed by atoms with van der Waals surface area (Å²) in [6.07, 6.45) is 1.80. The molecule has 0 bridgehead atoms. The number of hydrogen-bond acceptors (Lipinski definition) is 2. The summed E-state index contributed by atoms with van der Waals surface area (Å²) in [7, 11) is -2.51. The van der Waals surface area contributed by atoms with E-state index >= 15 is 0 Å². The Balaban J connectivity index is 4.22. The topological polar surface area (TPSA) is 46.5 Å². The van der Waals surface area contributed by atoms with Crippen molar-refractivity contribution in [3.8, 4) is 0 Å². The maximum Gasteiger partial charge on any atom is 0.695 e. The van der Waals surface area contributed by atoms with Crippen molar-refractivity contribution in [3.05, 3.63) is 11.6 Å². The summed E-state index contributed by atoms with van der Waals surface area (Å²) >= 11 is 0. The lowest BCUT2D eigenvalue weighted by Crippen LogP contribution is -2.17. The first-order chi connectivity index (χ1) is 4.83. The van der Waals surface area contributed by atoms with Crippen molar-refractivity contribution in [1.82, 2.24) is 0 Å². The fourth-order valence-electron chi connectivity index (χ4n) is 0.923. The van der Waals surface area contributed by atoms with E-state index in [-0.39, 0.29) is 0 Å². The Hall–Kier alpha value is -0.240. The summed E-state index contributed by atoms with van der Waals surface area (Å²) in [5.41, 5.74) is 0.410. The molecular formula is C7H14O3P+. The van der Waals surface area contributed by atoms with Crippen LogP contribution in [0.25, 0.3) is 0 Å². The molecule has 11 heavy (non-hydrogen) atoms. The molecule has 1 N–H and O–H groups in total. The summed E-state index contributed by atoms with van der Waals surface area (Å²) in [4.78, 5) is 8.46. The number of rotatable bonds is 3. The van der Waals surface area contributed by atoms with Crippen LogP contribution in [0, 0.1) is 0 Å². The second-order valence-electron chi connectivity index (χ2n) is 3.15. The van der Waals surface area contributed by atoms with Crippen molar-refractivity contribution < 1.29 is 14.0 Å². The normalized spacial score (nSPS) is 12.6. The van der Waals surface area contributed by atoms with Crippen LogP contribution in [0.15, 0.2) is 11.6 Å². The SMILES string of the molecule is CC(C)=CC(C)(C)O[P+](=O)O. The molecule has 0 rings (SSSR count). The minimum Gasteiger partial charge on any atom is -0.133 e. The molecule has 4 heteroatoms.